The van der Waals surface area contributed by atoms with E-state index in [-0.39, 0.29) is 23.7 Å². The highest BCUT2D eigenvalue weighted by Gasteiger charge is 2.34. The van der Waals surface area contributed by atoms with Crippen LogP contribution in [0.25, 0.3) is 0 Å². The van der Waals surface area contributed by atoms with Crippen molar-refractivity contribution in [3.8, 4) is 0 Å². The van der Waals surface area contributed by atoms with E-state index in [1.54, 1.807) is 6.07 Å². The number of halogens is 1. The maximum Gasteiger partial charge on any atom is 0.323 e. The molecule has 1 aromatic rings. The van der Waals surface area contributed by atoms with Gasteiger partial charge in [-0.1, -0.05) is 12.1 Å². The first-order chi connectivity index (χ1) is 7.72. The van der Waals surface area contributed by atoms with Gasteiger partial charge in [0.25, 0.3) is 0 Å². The number of hydrogen-bond acceptors (Lipinski definition) is 3. The molecule has 16 heavy (non-hydrogen) atoms. The standard InChI is InChI=1S/C12H14FNO2/c1-16-12(15)11-10(5-6-14-11)8-3-2-4-9(13)7-8/h2-4,7,10-11,14H,5-6H2,1H3. The van der Waals surface area contributed by atoms with Gasteiger partial charge in [0, 0.05) is 5.92 Å². The summed E-state index contributed by atoms with van der Waals surface area (Å²) in [6.07, 6.45) is 0.823. The van der Waals surface area contributed by atoms with Crippen LogP contribution >= 0.6 is 0 Å². The van der Waals surface area contributed by atoms with Gasteiger partial charge < -0.3 is 10.1 Å². The van der Waals surface area contributed by atoms with Gasteiger partial charge >= 0.3 is 5.97 Å². The number of benzene rings is 1. The Morgan fingerprint density at radius 2 is 2.38 bits per heavy atom. The molecule has 0 aliphatic carbocycles. The van der Waals surface area contributed by atoms with Gasteiger partial charge in [-0.15, -0.1) is 0 Å². The van der Waals surface area contributed by atoms with Gasteiger partial charge in [0.2, 0.25) is 0 Å². The Hall–Kier alpha value is -1.42. The maximum atomic E-state index is 13.1. The van der Waals surface area contributed by atoms with Crippen LogP contribution in [-0.4, -0.2) is 25.7 Å². The Morgan fingerprint density at radius 1 is 1.56 bits per heavy atom. The molecule has 1 saturated heterocycles. The van der Waals surface area contributed by atoms with Crippen LogP contribution < -0.4 is 5.32 Å². The van der Waals surface area contributed by atoms with Crippen LogP contribution in [0.5, 0.6) is 0 Å². The number of carbonyl (C=O) groups excluding carboxylic acids is 1. The lowest BCUT2D eigenvalue weighted by atomic mass is 9.92. The molecule has 2 unspecified atom stereocenters. The van der Waals surface area contributed by atoms with Crippen LogP contribution in [0.4, 0.5) is 4.39 Å². The van der Waals surface area contributed by atoms with Gasteiger partial charge in [-0.05, 0) is 30.7 Å². The largest absolute Gasteiger partial charge is 0.468 e. The fraction of sp³-hybridized carbons (Fsp3) is 0.417. The third-order valence-corrected chi connectivity index (χ3v) is 2.95. The molecular weight excluding hydrogens is 209 g/mol. The molecule has 3 nitrogen and oxygen atoms in total. The summed E-state index contributed by atoms with van der Waals surface area (Å²) in [5.74, 6) is -0.553. The normalized spacial score (nSPS) is 24.4. The molecule has 0 amide bonds. The Kier molecular flexibility index (Phi) is 3.19. The van der Waals surface area contributed by atoms with E-state index >= 15 is 0 Å². The van der Waals surface area contributed by atoms with E-state index < -0.39 is 0 Å². The van der Waals surface area contributed by atoms with Crippen molar-refractivity contribution in [2.24, 2.45) is 0 Å². The van der Waals surface area contributed by atoms with Gasteiger partial charge in [0.05, 0.1) is 7.11 Å². The topological polar surface area (TPSA) is 38.3 Å². The van der Waals surface area contributed by atoms with Crippen molar-refractivity contribution in [2.45, 2.75) is 18.4 Å². The zero-order valence-electron chi connectivity index (χ0n) is 9.07. The molecule has 1 N–H and O–H groups in total. The van der Waals surface area contributed by atoms with Crippen molar-refractivity contribution >= 4 is 5.97 Å². The van der Waals surface area contributed by atoms with E-state index in [1.165, 1.54) is 19.2 Å². The lowest BCUT2D eigenvalue weighted by Gasteiger charge is -2.17. The second kappa shape index (κ2) is 4.61. The predicted octanol–water partition coefficient (Wildman–Crippen LogP) is 1.44. The summed E-state index contributed by atoms with van der Waals surface area (Å²) in [6, 6.07) is 6.03. The average molecular weight is 223 g/mol. The minimum atomic E-state index is -0.355. The summed E-state index contributed by atoms with van der Waals surface area (Å²) in [5, 5.41) is 3.08. The van der Waals surface area contributed by atoms with Crippen molar-refractivity contribution in [1.82, 2.24) is 5.32 Å². The molecule has 0 aromatic heterocycles. The molecule has 1 aliphatic heterocycles. The molecule has 0 bridgehead atoms. The highest BCUT2D eigenvalue weighted by molar-refractivity contribution is 5.77. The van der Waals surface area contributed by atoms with Crippen LogP contribution in [0.2, 0.25) is 0 Å². The molecule has 86 valence electrons. The zero-order valence-corrected chi connectivity index (χ0v) is 9.07. The summed E-state index contributed by atoms with van der Waals surface area (Å²) in [7, 11) is 1.37. The van der Waals surface area contributed by atoms with Gasteiger partial charge in [-0.3, -0.25) is 4.79 Å². The Labute approximate surface area is 93.6 Å². The molecule has 2 atom stereocenters. The number of nitrogens with one attached hydrogen (secondary N) is 1. The fourth-order valence-corrected chi connectivity index (χ4v) is 2.17. The van der Waals surface area contributed by atoms with Crippen LogP contribution in [0.1, 0.15) is 17.9 Å². The SMILES string of the molecule is COC(=O)C1NCCC1c1cccc(F)c1. The number of methoxy groups -OCH3 is 1. The second-order valence-electron chi connectivity index (χ2n) is 3.91. The van der Waals surface area contributed by atoms with E-state index in [4.69, 9.17) is 4.74 Å². The number of hydrogen-bond donors (Lipinski definition) is 1. The highest BCUT2D eigenvalue weighted by Crippen LogP contribution is 2.28. The summed E-state index contributed by atoms with van der Waals surface area (Å²) < 4.78 is 17.8. The molecule has 1 heterocycles. The average Bonchev–Trinajstić information content (AvgIpc) is 2.77. The van der Waals surface area contributed by atoms with Crippen LogP contribution in [0, 0.1) is 5.82 Å². The number of esters is 1. The van der Waals surface area contributed by atoms with Crippen molar-refractivity contribution < 1.29 is 13.9 Å². The lowest BCUT2D eigenvalue weighted by molar-refractivity contribution is -0.143. The molecular formula is C12H14FNO2. The van der Waals surface area contributed by atoms with E-state index in [9.17, 15) is 9.18 Å². The third kappa shape index (κ3) is 2.07. The zero-order chi connectivity index (χ0) is 11.5. The minimum absolute atomic E-state index is 0.00292. The smallest absolute Gasteiger partial charge is 0.323 e. The van der Waals surface area contributed by atoms with Crippen molar-refractivity contribution in [2.75, 3.05) is 13.7 Å². The van der Waals surface area contributed by atoms with E-state index in [0.717, 1.165) is 18.5 Å². The molecule has 0 radical (unpaired) electrons. The third-order valence-electron chi connectivity index (χ3n) is 2.95. The minimum Gasteiger partial charge on any atom is -0.468 e. The Balaban J connectivity index is 2.23. The molecule has 4 heteroatoms. The molecule has 1 fully saturated rings. The van der Waals surface area contributed by atoms with Gasteiger partial charge in [0.15, 0.2) is 0 Å². The fourth-order valence-electron chi connectivity index (χ4n) is 2.17. The van der Waals surface area contributed by atoms with Crippen molar-refractivity contribution in [3.63, 3.8) is 0 Å². The van der Waals surface area contributed by atoms with Crippen molar-refractivity contribution in [1.29, 1.82) is 0 Å². The predicted molar refractivity (Wildman–Crippen MR) is 57.6 cm³/mol. The van der Waals surface area contributed by atoms with Crippen molar-refractivity contribution in [3.05, 3.63) is 35.6 Å². The monoisotopic (exact) mass is 223 g/mol. The Morgan fingerprint density at radius 3 is 3.06 bits per heavy atom. The summed E-state index contributed by atoms with van der Waals surface area (Å²) in [4.78, 5) is 11.5. The molecule has 0 spiro atoms. The van der Waals surface area contributed by atoms with Crippen LogP contribution in [-0.2, 0) is 9.53 Å². The Bertz CT molecular complexity index is 394. The molecule has 1 aliphatic rings. The molecule has 2 rings (SSSR count). The first kappa shape index (κ1) is 11.1. The maximum absolute atomic E-state index is 13.1. The highest BCUT2D eigenvalue weighted by atomic mass is 19.1. The lowest BCUT2D eigenvalue weighted by Crippen LogP contribution is -2.35. The van der Waals surface area contributed by atoms with E-state index in [1.807, 2.05) is 6.07 Å². The van der Waals surface area contributed by atoms with Crippen LogP contribution in [0.15, 0.2) is 24.3 Å². The van der Waals surface area contributed by atoms with E-state index in [0.29, 0.717) is 0 Å². The van der Waals surface area contributed by atoms with E-state index in [2.05, 4.69) is 5.32 Å². The summed E-state index contributed by atoms with van der Waals surface area (Å²) in [5.41, 5.74) is 0.848. The quantitative estimate of drug-likeness (QED) is 0.771. The number of ether oxygens (including phenoxy) is 1. The molecule has 0 saturated carbocycles. The number of carbonyl (C=O) groups is 1. The first-order valence-electron chi connectivity index (χ1n) is 5.29. The first-order valence-corrected chi connectivity index (χ1v) is 5.29. The molecule has 1 aromatic carbocycles. The van der Waals surface area contributed by atoms with Gasteiger partial charge in [0.1, 0.15) is 11.9 Å². The van der Waals surface area contributed by atoms with Crippen LogP contribution in [0.3, 0.4) is 0 Å². The van der Waals surface area contributed by atoms with Gasteiger partial charge in [-0.25, -0.2) is 4.39 Å². The summed E-state index contributed by atoms with van der Waals surface area (Å²) in [6.45, 7) is 0.751. The van der Waals surface area contributed by atoms with Gasteiger partial charge in [-0.2, -0.15) is 0 Å². The summed E-state index contributed by atoms with van der Waals surface area (Å²) >= 11 is 0. The second-order valence-corrected chi connectivity index (χ2v) is 3.91. The number of rotatable bonds is 2.